The van der Waals surface area contributed by atoms with E-state index in [9.17, 15) is 18.0 Å². The van der Waals surface area contributed by atoms with Crippen LogP contribution in [0.4, 0.5) is 13.2 Å². The van der Waals surface area contributed by atoms with Gasteiger partial charge in [-0.25, -0.2) is 0 Å². The molecular weight excluding hydrogens is 323 g/mol. The Hall–Kier alpha value is -1.76. The van der Waals surface area contributed by atoms with E-state index < -0.39 is 12.1 Å². The van der Waals surface area contributed by atoms with Crippen molar-refractivity contribution < 1.29 is 27.4 Å². The monoisotopic (exact) mass is 345 g/mol. The summed E-state index contributed by atoms with van der Waals surface area (Å²) in [6, 6.07) is 7.62. The number of carbonyl (C=O) groups is 1. The first-order chi connectivity index (χ1) is 11.4. The number of benzene rings is 1. The molecule has 1 aromatic rings. The zero-order chi connectivity index (χ0) is 17.4. The van der Waals surface area contributed by atoms with Crippen molar-refractivity contribution in [3.8, 4) is 5.75 Å². The molecule has 1 atom stereocenters. The molecule has 0 aliphatic carbocycles. The van der Waals surface area contributed by atoms with Gasteiger partial charge >= 0.3 is 12.1 Å². The molecule has 0 spiro atoms. The third-order valence-electron chi connectivity index (χ3n) is 3.74. The summed E-state index contributed by atoms with van der Waals surface area (Å²) in [5, 5.41) is 1.87. The van der Waals surface area contributed by atoms with E-state index in [2.05, 4.69) is 0 Å². The van der Waals surface area contributed by atoms with Crippen LogP contribution in [0.25, 0.3) is 0 Å². The summed E-state index contributed by atoms with van der Waals surface area (Å²) in [5.41, 5.74) is 1.05. The van der Waals surface area contributed by atoms with Crippen molar-refractivity contribution in [2.45, 2.75) is 51.0 Å². The van der Waals surface area contributed by atoms with Gasteiger partial charge in [0.05, 0.1) is 6.61 Å². The van der Waals surface area contributed by atoms with Crippen molar-refractivity contribution in [1.29, 1.82) is 0 Å². The molecule has 0 saturated carbocycles. The number of amides is 1. The summed E-state index contributed by atoms with van der Waals surface area (Å²) in [6.07, 6.45) is -0.105. The number of ether oxygens (including phenoxy) is 2. The van der Waals surface area contributed by atoms with Crippen molar-refractivity contribution >= 4 is 5.91 Å². The lowest BCUT2D eigenvalue weighted by Gasteiger charge is -2.23. The third kappa shape index (κ3) is 6.39. The van der Waals surface area contributed by atoms with Crippen LogP contribution in [-0.4, -0.2) is 31.5 Å². The highest BCUT2D eigenvalue weighted by atomic mass is 19.4. The van der Waals surface area contributed by atoms with Crippen LogP contribution >= 0.6 is 0 Å². The molecule has 0 aromatic heterocycles. The molecule has 1 amide bonds. The molecule has 2 rings (SSSR count). The highest BCUT2D eigenvalue weighted by molar-refractivity contribution is 5.81. The van der Waals surface area contributed by atoms with E-state index in [1.54, 1.807) is 0 Å². The highest BCUT2D eigenvalue weighted by Crippen LogP contribution is 2.21. The van der Waals surface area contributed by atoms with Crippen molar-refractivity contribution in [3.05, 3.63) is 29.8 Å². The van der Waals surface area contributed by atoms with Crippen LogP contribution in [0.3, 0.4) is 0 Å². The van der Waals surface area contributed by atoms with Gasteiger partial charge in [0, 0.05) is 13.0 Å². The maximum Gasteiger partial charge on any atom is 0.471 e. The average Bonchev–Trinajstić information content (AvgIpc) is 2.55. The molecule has 1 fully saturated rings. The van der Waals surface area contributed by atoms with Gasteiger partial charge in [-0.2, -0.15) is 13.2 Å². The van der Waals surface area contributed by atoms with Crippen molar-refractivity contribution in [1.82, 2.24) is 5.32 Å². The van der Waals surface area contributed by atoms with Gasteiger partial charge in [0.1, 0.15) is 5.75 Å². The fourth-order valence-electron chi connectivity index (χ4n) is 2.49. The minimum atomic E-state index is -4.81. The highest BCUT2D eigenvalue weighted by Gasteiger charge is 2.38. The number of nitrogens with one attached hydrogen (secondary N) is 1. The summed E-state index contributed by atoms with van der Waals surface area (Å²) in [4.78, 5) is 10.7. The van der Waals surface area contributed by atoms with Crippen molar-refractivity contribution in [2.24, 2.45) is 0 Å². The Morgan fingerprint density at radius 3 is 2.83 bits per heavy atom. The first-order valence-electron chi connectivity index (χ1n) is 8.17. The lowest BCUT2D eigenvalue weighted by atomic mass is 10.1. The summed E-state index contributed by atoms with van der Waals surface area (Å²) >= 11 is 0. The van der Waals surface area contributed by atoms with E-state index >= 15 is 0 Å². The van der Waals surface area contributed by atoms with Crippen LogP contribution in [0.1, 0.15) is 37.7 Å². The van der Waals surface area contributed by atoms with E-state index in [-0.39, 0.29) is 12.8 Å². The molecule has 1 aromatic carbocycles. The van der Waals surface area contributed by atoms with Gasteiger partial charge in [-0.15, -0.1) is 0 Å². The van der Waals surface area contributed by atoms with Crippen molar-refractivity contribution in [3.63, 3.8) is 0 Å². The van der Waals surface area contributed by atoms with E-state index in [4.69, 9.17) is 9.47 Å². The topological polar surface area (TPSA) is 47.6 Å². The maximum atomic E-state index is 12.0. The number of halogens is 3. The predicted octanol–water partition coefficient (Wildman–Crippen LogP) is 3.59. The zero-order valence-electron chi connectivity index (χ0n) is 13.4. The molecule has 7 heteroatoms. The minimum Gasteiger partial charge on any atom is -0.465 e. The average molecular weight is 345 g/mol. The Kier molecular flexibility index (Phi) is 6.90. The summed E-state index contributed by atoms with van der Waals surface area (Å²) < 4.78 is 47.4. The van der Waals surface area contributed by atoms with E-state index in [0.717, 1.165) is 30.6 Å². The Balaban J connectivity index is 1.69. The van der Waals surface area contributed by atoms with Gasteiger partial charge in [0.15, 0.2) is 6.29 Å². The molecular formula is C17H22F3NO3. The molecule has 0 radical (unpaired) electrons. The molecule has 1 saturated heterocycles. The number of carbonyl (C=O) groups excluding carboxylic acids is 1. The molecule has 24 heavy (non-hydrogen) atoms. The molecule has 134 valence electrons. The van der Waals surface area contributed by atoms with Crippen LogP contribution in [0.2, 0.25) is 0 Å². The second-order valence-corrected chi connectivity index (χ2v) is 5.77. The van der Waals surface area contributed by atoms with E-state index in [0.29, 0.717) is 25.9 Å². The first-order valence-corrected chi connectivity index (χ1v) is 8.17. The normalized spacial score (nSPS) is 18.2. The summed E-state index contributed by atoms with van der Waals surface area (Å²) in [7, 11) is 0. The third-order valence-corrected chi connectivity index (χ3v) is 3.74. The maximum absolute atomic E-state index is 12.0. The van der Waals surface area contributed by atoms with Gasteiger partial charge in [-0.1, -0.05) is 12.1 Å². The molecule has 1 N–H and O–H groups in total. The molecule has 0 bridgehead atoms. The van der Waals surface area contributed by atoms with Gasteiger partial charge in [-0.3, -0.25) is 4.79 Å². The lowest BCUT2D eigenvalue weighted by molar-refractivity contribution is -0.173. The van der Waals surface area contributed by atoms with Crippen LogP contribution in [-0.2, 0) is 16.0 Å². The smallest absolute Gasteiger partial charge is 0.465 e. The molecule has 1 aliphatic heterocycles. The fraction of sp³-hybridized carbons (Fsp3) is 0.588. The predicted molar refractivity (Wildman–Crippen MR) is 82.7 cm³/mol. The minimum absolute atomic E-state index is 0.0183. The SMILES string of the molecule is O=C(NCCCCc1cccc(OC2CCCCO2)c1)C(F)(F)F. The molecule has 4 nitrogen and oxygen atoms in total. The lowest BCUT2D eigenvalue weighted by Crippen LogP contribution is -2.37. The number of rotatable bonds is 7. The Bertz CT molecular complexity index is 528. The van der Waals surface area contributed by atoms with Crippen LogP contribution < -0.4 is 10.1 Å². The molecule has 1 unspecified atom stereocenters. The van der Waals surface area contributed by atoms with E-state index in [1.807, 2.05) is 29.6 Å². The zero-order valence-corrected chi connectivity index (χ0v) is 13.4. The van der Waals surface area contributed by atoms with Gasteiger partial charge < -0.3 is 14.8 Å². The fourth-order valence-corrected chi connectivity index (χ4v) is 2.49. The summed E-state index contributed by atoms with van der Waals surface area (Å²) in [5.74, 6) is -1.14. The largest absolute Gasteiger partial charge is 0.471 e. The van der Waals surface area contributed by atoms with E-state index in [1.165, 1.54) is 0 Å². The Labute approximate surface area is 139 Å². The molecule has 1 heterocycles. The molecule has 1 aliphatic rings. The number of hydrogen-bond donors (Lipinski definition) is 1. The van der Waals surface area contributed by atoms with Crippen LogP contribution in [0, 0.1) is 0 Å². The summed E-state index contributed by atoms with van der Waals surface area (Å²) in [6.45, 7) is 0.735. The van der Waals surface area contributed by atoms with Crippen LogP contribution in [0.5, 0.6) is 5.75 Å². The van der Waals surface area contributed by atoms with Gasteiger partial charge in [-0.05, 0) is 49.8 Å². The van der Waals surface area contributed by atoms with Gasteiger partial charge in [0.2, 0.25) is 0 Å². The first kappa shape index (κ1) is 18.6. The Morgan fingerprint density at radius 2 is 2.12 bits per heavy atom. The van der Waals surface area contributed by atoms with Gasteiger partial charge in [0.25, 0.3) is 0 Å². The number of aryl methyl sites for hydroxylation is 1. The second-order valence-electron chi connectivity index (χ2n) is 5.77. The Morgan fingerprint density at radius 1 is 1.29 bits per heavy atom. The second kappa shape index (κ2) is 8.92. The number of alkyl halides is 3. The number of unbranched alkanes of at least 4 members (excludes halogenated alkanes) is 1. The van der Waals surface area contributed by atoms with Crippen LogP contribution in [0.15, 0.2) is 24.3 Å². The standard InChI is InChI=1S/C17H22F3NO3/c18-17(19,20)16(22)21-10-3-1-6-13-7-5-8-14(12-13)24-15-9-2-4-11-23-15/h5,7-8,12,15H,1-4,6,9-11H2,(H,21,22). The number of hydrogen-bond acceptors (Lipinski definition) is 3. The van der Waals surface area contributed by atoms with Crippen molar-refractivity contribution in [2.75, 3.05) is 13.2 Å². The quantitative estimate of drug-likeness (QED) is 0.768.